The number of unbranched alkanes of at least 4 members (excludes halogenated alkanes) is 10. The van der Waals surface area contributed by atoms with Gasteiger partial charge in [-0.05, 0) is 109 Å². The first-order valence-corrected chi connectivity index (χ1v) is 38.3. The molecule has 3 heterocycles. The number of carbonyl (C=O) groups excluding carboxylic acids is 6. The van der Waals surface area contributed by atoms with Crippen LogP contribution in [0.2, 0.25) is 0 Å². The zero-order chi connectivity index (χ0) is 74.8. The van der Waals surface area contributed by atoms with Gasteiger partial charge in [-0.2, -0.15) is 0 Å². The molecule has 31 nitrogen and oxygen atoms in total. The topological polar surface area (TPSA) is 482 Å². The first kappa shape index (κ1) is 94.5. The number of aliphatic hydroxyl groups is 9. The van der Waals surface area contributed by atoms with Crippen molar-refractivity contribution in [3.05, 3.63) is 0 Å². The Bertz CT molecular complexity index is 2220. The molecule has 5 amide bonds. The minimum Gasteiger partial charge on any atom is -0.394 e. The number of hydrogen-bond donors (Lipinski definition) is 16. The Kier molecular flexibility index (Phi) is 53.7. The normalized spacial score (nSPS) is 26.3. The van der Waals surface area contributed by atoms with Crippen LogP contribution in [0.4, 0.5) is 0 Å². The van der Waals surface area contributed by atoms with E-state index in [4.69, 9.17) is 43.8 Å². The summed E-state index contributed by atoms with van der Waals surface area (Å²) in [5.74, 6) is -3.93. The zero-order valence-electron chi connectivity index (χ0n) is 60.8. The molecule has 0 aliphatic carbocycles. The molecule has 3 aliphatic rings. The van der Waals surface area contributed by atoms with Gasteiger partial charge in [0.05, 0.1) is 44.2 Å². The molecule has 588 valence electrons. The van der Waals surface area contributed by atoms with Gasteiger partial charge in [0.2, 0.25) is 29.5 Å². The van der Waals surface area contributed by atoms with Crippen LogP contribution < -0.4 is 32.3 Å². The van der Waals surface area contributed by atoms with Crippen LogP contribution in [0.25, 0.3) is 0 Å². The van der Waals surface area contributed by atoms with Crippen molar-refractivity contribution in [3.8, 4) is 0 Å². The third kappa shape index (κ3) is 39.6. The highest BCUT2D eigenvalue weighted by Gasteiger charge is 2.45. The van der Waals surface area contributed by atoms with Gasteiger partial charge >= 0.3 is 7.60 Å². The largest absolute Gasteiger partial charge is 0.394 e. The SMILES string of the molecule is CC.COCCCNC(=O)CCCCCNC(=O)C(CCCCNC(=O)CCCCO[C@@H]1OC(CO)[C@H](O)[C@H](O)C1C)CC(=O)C(CCCCNC(=O)CCCCO[C@@H]1OC(CO)[C@H](O)[C@H](O)C1C)NC(=O)CCCCO[C@@H]1OC(CO)[C@H](O)[C@H](O)C1C.COP(=O)(O)CCCCCCN. The summed E-state index contributed by atoms with van der Waals surface area (Å²) in [6, 6.07) is -0.960. The number of Topliss-reactive ketones (excluding diaryl/α,β-unsaturated/α-hetero) is 1. The van der Waals surface area contributed by atoms with Gasteiger partial charge in [0.1, 0.15) is 36.6 Å². The first-order chi connectivity index (χ1) is 47.9. The minimum atomic E-state index is -3.25. The van der Waals surface area contributed by atoms with Crippen molar-refractivity contribution >= 4 is 42.9 Å². The Morgan fingerprint density at radius 3 is 1.24 bits per heavy atom. The number of aliphatic hydroxyl groups excluding tert-OH is 9. The Morgan fingerprint density at radius 2 is 0.830 bits per heavy atom. The lowest BCUT2D eigenvalue weighted by Gasteiger charge is -2.40. The highest BCUT2D eigenvalue weighted by molar-refractivity contribution is 7.52. The standard InChI is InChI=1S/C59H107N5O22.C7H18NO3P.C2H6/c1-37-50(73)53(76)43(34-65)84-57(37)81-30-15-9-22-47(70)60-25-13-7-19-40(56(79)63-27-12-5-6-21-46(69)62-28-18-29-80-4)33-42(68)41(64-49(72)24-11-17-32-83-59-39(3)52(75)55(78)45(36-67)86-59)20-8-14-26-61-48(71)23-10-16-31-82-58-38(2)51(74)54(77)44(35-66)85-58;1-11-12(9,10)7-5-3-2-4-6-8;1-2/h37-41,43-45,50-55,57-59,65-67,73-78H,5-36H2,1-4H3,(H,60,70)(H,61,71)(H,62,69)(H,63,79)(H,64,72);2-8H2,1H3,(H,9,10);1-2H3/t37?,38?,39?,40?,41?,43?,44?,45?,50-,51-,52-,53+,54+,55+,57-,58-,59-;;/m1../s1. The van der Waals surface area contributed by atoms with Crippen LogP contribution in [0.3, 0.4) is 0 Å². The number of carbonyl (C=O) groups is 6. The number of ether oxygens (including phenoxy) is 7. The van der Waals surface area contributed by atoms with E-state index < -0.39 is 137 Å². The maximum Gasteiger partial charge on any atom is 0.327 e. The highest BCUT2D eigenvalue weighted by atomic mass is 31.2. The van der Waals surface area contributed by atoms with Crippen LogP contribution in [-0.2, 0) is 71.0 Å². The molecular formula is C68H131N6O25P. The van der Waals surface area contributed by atoms with Gasteiger partial charge in [0.25, 0.3) is 0 Å². The average molecular weight is 1460 g/mol. The van der Waals surface area contributed by atoms with Gasteiger partial charge in [-0.3, -0.25) is 33.3 Å². The van der Waals surface area contributed by atoms with Gasteiger partial charge in [-0.15, -0.1) is 0 Å². The predicted octanol–water partition coefficient (Wildman–Crippen LogP) is 1.60. The molecule has 17 N–H and O–H groups in total. The van der Waals surface area contributed by atoms with Crippen molar-refractivity contribution < 1.29 is 122 Å². The number of nitrogens with one attached hydrogen (secondary N) is 5. The van der Waals surface area contributed by atoms with Crippen LogP contribution in [0.15, 0.2) is 0 Å². The number of hydrogen-bond acceptors (Lipinski definition) is 25. The molecule has 3 rings (SSSR count). The maximum absolute atomic E-state index is 14.3. The van der Waals surface area contributed by atoms with Gasteiger partial charge in [-0.25, -0.2) is 0 Å². The van der Waals surface area contributed by atoms with E-state index in [9.17, 15) is 79.3 Å². The molecule has 0 spiro atoms. The molecule has 3 fully saturated rings. The molecule has 0 aromatic heterocycles. The fourth-order valence-corrected chi connectivity index (χ4v) is 12.1. The zero-order valence-corrected chi connectivity index (χ0v) is 61.7. The van der Waals surface area contributed by atoms with E-state index in [2.05, 4.69) is 31.1 Å². The summed E-state index contributed by atoms with van der Waals surface area (Å²) in [7, 11) is -0.391. The van der Waals surface area contributed by atoms with Crippen LogP contribution in [0, 0.1) is 23.7 Å². The second-order valence-electron chi connectivity index (χ2n) is 25.9. The van der Waals surface area contributed by atoms with E-state index in [-0.39, 0.29) is 87.5 Å². The Morgan fingerprint density at radius 1 is 0.460 bits per heavy atom. The molecule has 3 aliphatic heterocycles. The fourth-order valence-electron chi connectivity index (χ4n) is 11.3. The van der Waals surface area contributed by atoms with E-state index in [1.165, 1.54) is 7.11 Å². The Balaban J connectivity index is 0.00000321. The summed E-state index contributed by atoms with van der Waals surface area (Å²) >= 11 is 0. The minimum absolute atomic E-state index is 0.0348. The second kappa shape index (κ2) is 56.8. The van der Waals surface area contributed by atoms with E-state index in [1.54, 1.807) is 27.9 Å². The fraction of sp³-hybridized carbons (Fsp3) is 0.912. The van der Waals surface area contributed by atoms with Crippen LogP contribution in [-0.4, -0.2) is 265 Å². The van der Waals surface area contributed by atoms with Crippen molar-refractivity contribution in [1.82, 2.24) is 26.6 Å². The Labute approximate surface area is 593 Å². The summed E-state index contributed by atoms with van der Waals surface area (Å²) in [6.07, 6.45) is -0.283. The van der Waals surface area contributed by atoms with Crippen LogP contribution >= 0.6 is 7.60 Å². The monoisotopic (exact) mass is 1460 g/mol. The van der Waals surface area contributed by atoms with Crippen molar-refractivity contribution in [2.24, 2.45) is 29.4 Å². The third-order valence-corrected chi connectivity index (χ3v) is 19.2. The highest BCUT2D eigenvalue weighted by Crippen LogP contribution is 2.41. The molecule has 32 heteroatoms. The average Bonchev–Trinajstić information content (AvgIpc) is 0.837. The van der Waals surface area contributed by atoms with Crippen LogP contribution in [0.5, 0.6) is 0 Å². The summed E-state index contributed by atoms with van der Waals surface area (Å²) in [5, 5.41) is 104. The lowest BCUT2D eigenvalue weighted by Crippen LogP contribution is -2.55. The van der Waals surface area contributed by atoms with Crippen molar-refractivity contribution in [1.29, 1.82) is 0 Å². The molecule has 9 unspecified atom stereocenters. The molecule has 0 aromatic rings. The first-order valence-electron chi connectivity index (χ1n) is 36.6. The number of rotatable bonds is 53. The third-order valence-electron chi connectivity index (χ3n) is 17.8. The van der Waals surface area contributed by atoms with E-state index in [0.717, 1.165) is 25.7 Å². The van der Waals surface area contributed by atoms with Crippen molar-refractivity contribution in [3.63, 3.8) is 0 Å². The summed E-state index contributed by atoms with van der Waals surface area (Å²) in [6.45, 7) is 10.8. The number of amides is 5. The lowest BCUT2D eigenvalue weighted by atomic mass is 9.91. The van der Waals surface area contributed by atoms with Crippen molar-refractivity contribution in [2.75, 3.05) is 99.4 Å². The smallest absolute Gasteiger partial charge is 0.327 e. The summed E-state index contributed by atoms with van der Waals surface area (Å²) in [4.78, 5) is 88.4. The summed E-state index contributed by atoms with van der Waals surface area (Å²) < 4.78 is 54.5. The number of ketones is 1. The quantitative estimate of drug-likeness (QED) is 0.0304. The molecule has 0 saturated carbocycles. The molecule has 0 bridgehead atoms. The number of methoxy groups -OCH3 is 1. The predicted molar refractivity (Wildman–Crippen MR) is 371 cm³/mol. The van der Waals surface area contributed by atoms with Gasteiger partial charge in [0.15, 0.2) is 24.7 Å². The molecule has 0 radical (unpaired) electrons. The molecule has 3 saturated heterocycles. The summed E-state index contributed by atoms with van der Waals surface area (Å²) in [5.41, 5.74) is 5.29. The second-order valence-corrected chi connectivity index (χ2v) is 28.0. The molecule has 0 aromatic carbocycles. The number of nitrogens with two attached hydrogens (primary N) is 1. The van der Waals surface area contributed by atoms with Gasteiger partial charge in [0, 0.05) is 129 Å². The van der Waals surface area contributed by atoms with Crippen LogP contribution in [0.1, 0.15) is 195 Å². The maximum atomic E-state index is 14.3. The lowest BCUT2D eigenvalue weighted by molar-refractivity contribution is -0.282. The molecular weight excluding hydrogens is 1330 g/mol. The van der Waals surface area contributed by atoms with E-state index in [1.807, 2.05) is 13.8 Å². The van der Waals surface area contributed by atoms with E-state index >= 15 is 0 Å². The van der Waals surface area contributed by atoms with Crippen molar-refractivity contribution in [2.45, 2.75) is 275 Å². The van der Waals surface area contributed by atoms with E-state index in [0.29, 0.717) is 142 Å². The molecule has 100 heavy (non-hydrogen) atoms. The Hall–Kier alpha value is -3.51. The van der Waals surface area contributed by atoms with Gasteiger partial charge in [-0.1, -0.05) is 60.3 Å². The molecule has 18 atom stereocenters. The van der Waals surface area contributed by atoms with Gasteiger partial charge < -0.3 is 121 Å².